The number of ketones is 1. The molecule has 0 aromatic heterocycles. The van der Waals surface area contributed by atoms with Crippen molar-refractivity contribution in [1.29, 1.82) is 0 Å². The van der Waals surface area contributed by atoms with Gasteiger partial charge in [0.15, 0.2) is 5.78 Å². The Kier molecular flexibility index (Phi) is 3.72. The van der Waals surface area contributed by atoms with E-state index in [1.165, 1.54) is 0 Å². The predicted molar refractivity (Wildman–Crippen MR) is 85.8 cm³/mol. The molecule has 0 bridgehead atoms. The highest BCUT2D eigenvalue weighted by molar-refractivity contribution is 6.12. The lowest BCUT2D eigenvalue weighted by Crippen LogP contribution is -2.04. The van der Waals surface area contributed by atoms with E-state index in [9.17, 15) is 4.79 Å². The van der Waals surface area contributed by atoms with Gasteiger partial charge < -0.3 is 9.47 Å². The predicted octanol–water partition coefficient (Wildman–Crippen LogP) is 4.11. The summed E-state index contributed by atoms with van der Waals surface area (Å²) in [4.78, 5) is 12.8. The van der Waals surface area contributed by atoms with Gasteiger partial charge in [0.05, 0.1) is 12.7 Å². The Labute approximate surface area is 130 Å². The van der Waals surface area contributed by atoms with E-state index in [-0.39, 0.29) is 11.7 Å². The van der Waals surface area contributed by atoms with Gasteiger partial charge in [-0.3, -0.25) is 4.79 Å². The maximum absolute atomic E-state index is 12.8. The summed E-state index contributed by atoms with van der Waals surface area (Å²) in [6.07, 6.45) is 1.84. The number of methoxy groups -OCH3 is 1. The number of ether oxygens (including phenoxy) is 2. The van der Waals surface area contributed by atoms with Crippen molar-refractivity contribution in [2.75, 3.05) is 7.11 Å². The van der Waals surface area contributed by atoms with Gasteiger partial charge in [-0.25, -0.2) is 0 Å². The fraction of sp³-hybridized carbons (Fsp3) is 0.211. The molecule has 2 aromatic rings. The van der Waals surface area contributed by atoms with E-state index < -0.39 is 0 Å². The molecule has 0 saturated heterocycles. The summed E-state index contributed by atoms with van der Waals surface area (Å²) in [5.74, 6) is 1.37. The first-order valence-corrected chi connectivity index (χ1v) is 7.25. The van der Waals surface area contributed by atoms with E-state index in [4.69, 9.17) is 9.47 Å². The summed E-state index contributed by atoms with van der Waals surface area (Å²) in [7, 11) is 1.61. The Bertz CT molecular complexity index is 746. The Morgan fingerprint density at radius 2 is 2.05 bits per heavy atom. The van der Waals surface area contributed by atoms with Crippen LogP contribution in [0, 0.1) is 0 Å². The topological polar surface area (TPSA) is 35.5 Å². The van der Waals surface area contributed by atoms with Crippen LogP contribution in [0.15, 0.2) is 49.1 Å². The zero-order valence-electron chi connectivity index (χ0n) is 12.8. The molecule has 0 radical (unpaired) electrons. The number of carbonyl (C=O) groups is 1. The fourth-order valence-corrected chi connectivity index (χ4v) is 2.70. The average Bonchev–Trinajstić information content (AvgIpc) is 2.70. The van der Waals surface area contributed by atoms with Gasteiger partial charge in [-0.05, 0) is 12.1 Å². The molecule has 0 amide bonds. The Morgan fingerprint density at radius 1 is 1.27 bits per heavy atom. The van der Waals surface area contributed by atoms with E-state index >= 15 is 0 Å². The molecule has 2 aromatic carbocycles. The Hall–Kier alpha value is -2.55. The van der Waals surface area contributed by atoms with E-state index in [0.29, 0.717) is 29.2 Å². The highest BCUT2D eigenvalue weighted by Gasteiger charge is 2.24. The molecular formula is C19H18O3. The molecule has 22 heavy (non-hydrogen) atoms. The van der Waals surface area contributed by atoms with Crippen LogP contribution in [0.2, 0.25) is 0 Å². The monoisotopic (exact) mass is 294 g/mol. The van der Waals surface area contributed by atoms with Gasteiger partial charge >= 0.3 is 0 Å². The highest BCUT2D eigenvalue weighted by Crippen LogP contribution is 2.37. The first kappa shape index (κ1) is 14.4. The molecule has 1 heterocycles. The van der Waals surface area contributed by atoms with Gasteiger partial charge in [-0.1, -0.05) is 37.3 Å². The molecule has 1 unspecified atom stereocenters. The number of hydrogen-bond acceptors (Lipinski definition) is 3. The van der Waals surface area contributed by atoms with Crippen molar-refractivity contribution < 1.29 is 14.3 Å². The SMILES string of the molecule is C=CC(C)c1cc2c(cc1OC)C(=O)c1ccccc1CO2. The van der Waals surface area contributed by atoms with Crippen molar-refractivity contribution in [2.45, 2.75) is 19.4 Å². The molecule has 0 spiro atoms. The summed E-state index contributed by atoms with van der Waals surface area (Å²) >= 11 is 0. The third-order valence-electron chi connectivity index (χ3n) is 4.07. The largest absolute Gasteiger partial charge is 0.496 e. The molecular weight excluding hydrogens is 276 g/mol. The molecule has 3 nitrogen and oxygen atoms in total. The number of allylic oxidation sites excluding steroid dienone is 1. The van der Waals surface area contributed by atoms with E-state index in [1.807, 2.05) is 43.3 Å². The van der Waals surface area contributed by atoms with E-state index in [2.05, 4.69) is 6.58 Å². The van der Waals surface area contributed by atoms with Gasteiger partial charge in [-0.15, -0.1) is 6.58 Å². The van der Waals surface area contributed by atoms with Crippen molar-refractivity contribution in [2.24, 2.45) is 0 Å². The highest BCUT2D eigenvalue weighted by atomic mass is 16.5. The summed E-state index contributed by atoms with van der Waals surface area (Å²) in [5, 5.41) is 0. The van der Waals surface area contributed by atoms with Crippen molar-refractivity contribution in [3.05, 3.63) is 71.3 Å². The minimum Gasteiger partial charge on any atom is -0.496 e. The van der Waals surface area contributed by atoms with E-state index in [1.54, 1.807) is 13.2 Å². The molecule has 1 aliphatic rings. The second-order valence-electron chi connectivity index (χ2n) is 5.39. The third kappa shape index (κ3) is 2.29. The molecule has 1 aliphatic heterocycles. The summed E-state index contributed by atoms with van der Waals surface area (Å²) in [6.45, 7) is 6.25. The van der Waals surface area contributed by atoms with Crippen LogP contribution in [0.4, 0.5) is 0 Å². The maximum atomic E-state index is 12.8. The molecule has 1 atom stereocenters. The van der Waals surface area contributed by atoms with Gasteiger partial charge in [-0.2, -0.15) is 0 Å². The summed E-state index contributed by atoms with van der Waals surface area (Å²) < 4.78 is 11.3. The number of benzene rings is 2. The van der Waals surface area contributed by atoms with Gasteiger partial charge in [0.25, 0.3) is 0 Å². The lowest BCUT2D eigenvalue weighted by atomic mass is 9.94. The van der Waals surface area contributed by atoms with Gasteiger partial charge in [0.1, 0.15) is 18.1 Å². The van der Waals surface area contributed by atoms with Gasteiger partial charge in [0.2, 0.25) is 0 Å². The first-order valence-electron chi connectivity index (χ1n) is 7.25. The van der Waals surface area contributed by atoms with E-state index in [0.717, 1.165) is 11.1 Å². The standard InChI is InChI=1S/C19H18O3/c1-4-12(2)15-9-18-16(10-17(15)21-3)19(20)14-8-6-5-7-13(14)11-22-18/h4-10,12H,1,11H2,2-3H3. The molecule has 0 aliphatic carbocycles. The minimum absolute atomic E-state index is 0.0285. The zero-order valence-corrected chi connectivity index (χ0v) is 12.8. The van der Waals surface area contributed by atoms with Crippen LogP contribution in [0.1, 0.15) is 39.9 Å². The average molecular weight is 294 g/mol. The van der Waals surface area contributed by atoms with Crippen LogP contribution in [-0.4, -0.2) is 12.9 Å². The first-order chi connectivity index (χ1) is 10.7. The zero-order chi connectivity index (χ0) is 15.7. The molecule has 3 heteroatoms. The molecule has 0 saturated carbocycles. The molecule has 0 fully saturated rings. The maximum Gasteiger partial charge on any atom is 0.197 e. The normalized spacial score (nSPS) is 14.2. The smallest absolute Gasteiger partial charge is 0.197 e. The van der Waals surface area contributed by atoms with Crippen molar-refractivity contribution in [1.82, 2.24) is 0 Å². The van der Waals surface area contributed by atoms with Crippen LogP contribution in [-0.2, 0) is 6.61 Å². The van der Waals surface area contributed by atoms with Crippen LogP contribution in [0.3, 0.4) is 0 Å². The number of fused-ring (bicyclic) bond motifs is 2. The second-order valence-corrected chi connectivity index (χ2v) is 5.39. The number of rotatable bonds is 3. The Morgan fingerprint density at radius 3 is 2.77 bits per heavy atom. The molecule has 0 N–H and O–H groups in total. The van der Waals surface area contributed by atoms with Crippen molar-refractivity contribution in [3.63, 3.8) is 0 Å². The second kappa shape index (κ2) is 5.68. The van der Waals surface area contributed by atoms with Crippen molar-refractivity contribution >= 4 is 5.78 Å². The lowest BCUT2D eigenvalue weighted by Gasteiger charge is -2.16. The van der Waals surface area contributed by atoms with Crippen LogP contribution in [0.25, 0.3) is 0 Å². The quantitative estimate of drug-likeness (QED) is 0.799. The minimum atomic E-state index is -0.0285. The number of hydrogen-bond donors (Lipinski definition) is 0. The summed E-state index contributed by atoms with van der Waals surface area (Å²) in [6, 6.07) is 11.2. The lowest BCUT2D eigenvalue weighted by molar-refractivity contribution is 0.103. The Balaban J connectivity index is 2.17. The molecule has 3 rings (SSSR count). The molecule has 112 valence electrons. The summed E-state index contributed by atoms with van der Waals surface area (Å²) in [5.41, 5.74) is 3.10. The van der Waals surface area contributed by atoms with Crippen molar-refractivity contribution in [3.8, 4) is 11.5 Å². The van der Waals surface area contributed by atoms with Gasteiger partial charge in [0, 0.05) is 22.6 Å². The van der Waals surface area contributed by atoms with Crippen LogP contribution >= 0.6 is 0 Å². The van der Waals surface area contributed by atoms with Crippen LogP contribution < -0.4 is 9.47 Å². The number of carbonyl (C=O) groups excluding carboxylic acids is 1. The fourth-order valence-electron chi connectivity index (χ4n) is 2.70. The van der Waals surface area contributed by atoms with Crippen LogP contribution in [0.5, 0.6) is 11.5 Å². The third-order valence-corrected chi connectivity index (χ3v) is 4.07.